The lowest BCUT2D eigenvalue weighted by Crippen LogP contribution is -2.31. The number of hydrogen-bond donors (Lipinski definition) is 1. The number of aromatic nitrogens is 4. The number of fused-ring (bicyclic) bond motifs is 1. The number of carbonyl (C=O) groups is 1. The van der Waals surface area contributed by atoms with E-state index < -0.39 is 0 Å². The first kappa shape index (κ1) is 18.1. The molecule has 0 amide bonds. The van der Waals surface area contributed by atoms with Gasteiger partial charge in [0.15, 0.2) is 5.78 Å². The average molecular weight is 407 g/mol. The van der Waals surface area contributed by atoms with Crippen molar-refractivity contribution in [3.8, 4) is 0 Å². The van der Waals surface area contributed by atoms with Crippen LogP contribution < -0.4 is 5.32 Å². The largest absolute Gasteiger partial charge is 0.328 e. The molecule has 6 nitrogen and oxygen atoms in total. The SMILES string of the molecule is O=C1CCCC2=C1[C@H](c1cccnc1)n1nc(SCc3ccccc3F)nc1N2. The van der Waals surface area contributed by atoms with Crippen LogP contribution in [-0.4, -0.2) is 25.5 Å². The number of halogens is 1. The van der Waals surface area contributed by atoms with E-state index >= 15 is 0 Å². The van der Waals surface area contributed by atoms with Gasteiger partial charge in [-0.1, -0.05) is 36.0 Å². The first-order valence-corrected chi connectivity index (χ1v) is 10.4. The molecule has 2 aromatic heterocycles. The summed E-state index contributed by atoms with van der Waals surface area (Å²) in [5.74, 6) is 0.926. The highest BCUT2D eigenvalue weighted by molar-refractivity contribution is 7.98. The molecule has 0 radical (unpaired) electrons. The summed E-state index contributed by atoms with van der Waals surface area (Å²) in [7, 11) is 0. The summed E-state index contributed by atoms with van der Waals surface area (Å²) in [5, 5.41) is 8.49. The normalized spacial score (nSPS) is 18.2. The molecule has 1 N–H and O–H groups in total. The van der Waals surface area contributed by atoms with Crippen molar-refractivity contribution in [1.82, 2.24) is 19.7 Å². The fourth-order valence-electron chi connectivity index (χ4n) is 3.80. The highest BCUT2D eigenvalue weighted by Crippen LogP contribution is 2.40. The van der Waals surface area contributed by atoms with Gasteiger partial charge >= 0.3 is 0 Å². The topological polar surface area (TPSA) is 72.7 Å². The number of carbonyl (C=O) groups excluding carboxylic acids is 1. The van der Waals surface area contributed by atoms with Gasteiger partial charge in [0.05, 0.1) is 0 Å². The molecule has 0 fully saturated rings. The van der Waals surface area contributed by atoms with E-state index in [1.54, 1.807) is 29.2 Å². The summed E-state index contributed by atoms with van der Waals surface area (Å²) in [6.07, 6.45) is 5.65. The molecule has 3 heterocycles. The van der Waals surface area contributed by atoms with Crippen LogP contribution in [-0.2, 0) is 10.5 Å². The van der Waals surface area contributed by atoms with E-state index in [0.29, 0.717) is 28.8 Å². The fourth-order valence-corrected chi connectivity index (χ4v) is 4.62. The number of thioether (sulfide) groups is 1. The smallest absolute Gasteiger partial charge is 0.227 e. The minimum absolute atomic E-state index is 0.134. The van der Waals surface area contributed by atoms with Crippen molar-refractivity contribution in [1.29, 1.82) is 0 Å². The molecule has 1 atom stereocenters. The number of rotatable bonds is 4. The van der Waals surface area contributed by atoms with E-state index in [-0.39, 0.29) is 17.6 Å². The number of anilines is 1. The Balaban J connectivity index is 1.50. The Morgan fingerprint density at radius 2 is 2.10 bits per heavy atom. The molecule has 0 saturated heterocycles. The molecule has 8 heteroatoms. The van der Waals surface area contributed by atoms with Crippen molar-refractivity contribution < 1.29 is 9.18 Å². The number of nitrogens with zero attached hydrogens (tertiary/aromatic N) is 4. The minimum Gasteiger partial charge on any atom is -0.328 e. The van der Waals surface area contributed by atoms with Gasteiger partial charge in [-0.15, -0.1) is 5.10 Å². The molecule has 0 bridgehead atoms. The molecule has 3 aromatic rings. The van der Waals surface area contributed by atoms with Gasteiger partial charge in [-0.05, 0) is 36.1 Å². The summed E-state index contributed by atoms with van der Waals surface area (Å²) in [6.45, 7) is 0. The summed E-state index contributed by atoms with van der Waals surface area (Å²) in [4.78, 5) is 21.6. The second kappa shape index (κ2) is 7.44. The fraction of sp³-hybridized carbons (Fsp3) is 0.238. The Morgan fingerprint density at radius 3 is 2.93 bits per heavy atom. The molecule has 1 aliphatic heterocycles. The van der Waals surface area contributed by atoms with Crippen LogP contribution in [0.3, 0.4) is 0 Å². The number of Topliss-reactive ketones (excluding diaryl/α,β-unsaturated/α-hetero) is 1. The highest BCUT2D eigenvalue weighted by Gasteiger charge is 2.36. The van der Waals surface area contributed by atoms with Crippen molar-refractivity contribution in [2.45, 2.75) is 36.2 Å². The van der Waals surface area contributed by atoms with E-state index in [2.05, 4.69) is 20.4 Å². The molecule has 0 unspecified atom stereocenters. The van der Waals surface area contributed by atoms with Gasteiger partial charge in [-0.2, -0.15) is 4.98 Å². The van der Waals surface area contributed by atoms with Crippen molar-refractivity contribution in [3.63, 3.8) is 0 Å². The predicted molar refractivity (Wildman–Crippen MR) is 108 cm³/mol. The zero-order valence-electron chi connectivity index (χ0n) is 15.5. The van der Waals surface area contributed by atoms with Crippen molar-refractivity contribution in [2.75, 3.05) is 5.32 Å². The quantitative estimate of drug-likeness (QED) is 0.656. The average Bonchev–Trinajstić information content (AvgIpc) is 3.15. The number of benzene rings is 1. The Hall–Kier alpha value is -3.00. The Labute approximate surface area is 171 Å². The van der Waals surface area contributed by atoms with Gasteiger partial charge in [0.2, 0.25) is 11.1 Å². The van der Waals surface area contributed by atoms with Crippen LogP contribution in [0.25, 0.3) is 0 Å². The number of allylic oxidation sites excluding steroid dienone is 2. The van der Waals surface area contributed by atoms with E-state index in [9.17, 15) is 9.18 Å². The van der Waals surface area contributed by atoms with Crippen molar-refractivity contribution in [2.24, 2.45) is 0 Å². The molecule has 2 aliphatic rings. The lowest BCUT2D eigenvalue weighted by Gasteiger charge is -2.31. The molecular weight excluding hydrogens is 389 g/mol. The zero-order chi connectivity index (χ0) is 19.8. The van der Waals surface area contributed by atoms with Crippen molar-refractivity contribution in [3.05, 3.63) is 77.0 Å². The van der Waals surface area contributed by atoms with Gasteiger partial charge in [-0.3, -0.25) is 9.78 Å². The summed E-state index contributed by atoms with van der Waals surface area (Å²) in [5.41, 5.74) is 3.16. The van der Waals surface area contributed by atoms with Crippen LogP contribution in [0.2, 0.25) is 0 Å². The molecule has 146 valence electrons. The highest BCUT2D eigenvalue weighted by atomic mass is 32.2. The van der Waals surface area contributed by atoms with Crippen LogP contribution in [0.1, 0.15) is 36.4 Å². The lowest BCUT2D eigenvalue weighted by molar-refractivity contribution is -0.116. The Kier molecular flexibility index (Phi) is 4.63. The first-order chi connectivity index (χ1) is 14.2. The lowest BCUT2D eigenvalue weighted by atomic mass is 9.86. The van der Waals surface area contributed by atoms with E-state index in [1.165, 1.54) is 17.8 Å². The number of ketones is 1. The van der Waals surface area contributed by atoms with Crippen LogP contribution in [0, 0.1) is 5.82 Å². The first-order valence-electron chi connectivity index (χ1n) is 9.46. The van der Waals surface area contributed by atoms with Crippen LogP contribution in [0.15, 0.2) is 65.2 Å². The van der Waals surface area contributed by atoms with Gasteiger partial charge in [0.1, 0.15) is 11.9 Å². The third-order valence-corrected chi connectivity index (χ3v) is 6.05. The number of nitrogens with one attached hydrogen (secondary N) is 1. The van der Waals surface area contributed by atoms with Crippen LogP contribution in [0.4, 0.5) is 10.3 Å². The molecule has 1 aliphatic carbocycles. The van der Waals surface area contributed by atoms with E-state index in [0.717, 1.165) is 29.7 Å². The van der Waals surface area contributed by atoms with Gasteiger partial charge in [0.25, 0.3) is 0 Å². The Morgan fingerprint density at radius 1 is 1.21 bits per heavy atom. The molecule has 5 rings (SSSR count). The molecular formula is C21H18FN5OS. The molecule has 1 aromatic carbocycles. The maximum absolute atomic E-state index is 13.9. The maximum atomic E-state index is 13.9. The van der Waals surface area contributed by atoms with Crippen molar-refractivity contribution >= 4 is 23.5 Å². The van der Waals surface area contributed by atoms with Gasteiger partial charge in [-0.25, -0.2) is 9.07 Å². The van der Waals surface area contributed by atoms with E-state index in [4.69, 9.17) is 0 Å². The maximum Gasteiger partial charge on any atom is 0.227 e. The Bertz CT molecular complexity index is 1110. The minimum atomic E-state index is -0.349. The standard InChI is InChI=1S/C21H18FN5OS/c22-15-7-2-1-5-14(15)12-29-21-25-20-24-16-8-3-9-17(28)18(16)19(27(20)26-21)13-6-4-10-23-11-13/h1-2,4-7,10-11,19H,3,8-9,12H2,(H,24,25,26)/t19-/m0/s1. The summed E-state index contributed by atoms with van der Waals surface area (Å²) >= 11 is 1.37. The van der Waals surface area contributed by atoms with Gasteiger partial charge in [0, 0.05) is 35.8 Å². The predicted octanol–water partition coefficient (Wildman–Crippen LogP) is 4.13. The molecule has 0 saturated carbocycles. The van der Waals surface area contributed by atoms with E-state index in [1.807, 2.05) is 18.2 Å². The second-order valence-electron chi connectivity index (χ2n) is 7.03. The summed E-state index contributed by atoms with van der Waals surface area (Å²) < 4.78 is 15.7. The van der Waals surface area contributed by atoms with Gasteiger partial charge < -0.3 is 5.32 Å². The molecule has 0 spiro atoms. The third kappa shape index (κ3) is 3.33. The number of pyridine rings is 1. The second-order valence-corrected chi connectivity index (χ2v) is 7.97. The monoisotopic (exact) mass is 407 g/mol. The van der Waals surface area contributed by atoms with Crippen LogP contribution in [0.5, 0.6) is 0 Å². The molecule has 29 heavy (non-hydrogen) atoms. The van der Waals surface area contributed by atoms with Crippen LogP contribution >= 0.6 is 11.8 Å². The number of hydrogen-bond acceptors (Lipinski definition) is 6. The summed E-state index contributed by atoms with van der Waals surface area (Å²) in [6, 6.07) is 10.2. The zero-order valence-corrected chi connectivity index (χ0v) is 16.3. The third-order valence-electron chi connectivity index (χ3n) is 5.16.